The molecule has 4 nitrogen and oxygen atoms in total. The minimum absolute atomic E-state index is 0.200. The summed E-state index contributed by atoms with van der Waals surface area (Å²) < 4.78 is 1.44. The molecule has 0 amide bonds. The highest BCUT2D eigenvalue weighted by atomic mass is 35.5. The lowest BCUT2D eigenvalue weighted by Gasteiger charge is -2.09. The molecule has 0 fully saturated rings. The van der Waals surface area contributed by atoms with Crippen LogP contribution < -0.4 is 10.9 Å². The molecule has 1 heterocycles. The summed E-state index contributed by atoms with van der Waals surface area (Å²) in [5.74, 6) is 0. The summed E-state index contributed by atoms with van der Waals surface area (Å²) in [6.07, 6.45) is 8.36. The number of aryl methyl sites for hydroxylation is 1. The number of nitrogens with zero attached hydrogens (tertiary/aromatic N) is 2. The second-order valence-electron chi connectivity index (χ2n) is 4.74. The highest BCUT2D eigenvalue weighted by Gasteiger charge is 2.08. The van der Waals surface area contributed by atoms with Crippen LogP contribution in [0.4, 0.5) is 5.69 Å². The molecule has 1 rings (SSSR count). The summed E-state index contributed by atoms with van der Waals surface area (Å²) in [7, 11) is 0. The Morgan fingerprint density at radius 2 is 1.95 bits per heavy atom. The third-order valence-corrected chi connectivity index (χ3v) is 3.42. The largest absolute Gasteiger partial charge is 0.382 e. The fourth-order valence-electron chi connectivity index (χ4n) is 1.83. The van der Waals surface area contributed by atoms with Gasteiger partial charge in [0, 0.05) is 13.1 Å². The summed E-state index contributed by atoms with van der Waals surface area (Å²) in [6, 6.07) is 0. The Hall–Kier alpha value is -1.03. The first kappa shape index (κ1) is 16.0. The van der Waals surface area contributed by atoms with Gasteiger partial charge in [-0.05, 0) is 12.8 Å². The topological polar surface area (TPSA) is 46.9 Å². The van der Waals surface area contributed by atoms with Crippen molar-refractivity contribution >= 4 is 17.3 Å². The fraction of sp³-hybridized carbons (Fsp3) is 0.714. The van der Waals surface area contributed by atoms with Crippen LogP contribution in [0.5, 0.6) is 0 Å². The van der Waals surface area contributed by atoms with Crippen molar-refractivity contribution in [2.75, 3.05) is 11.9 Å². The van der Waals surface area contributed by atoms with Gasteiger partial charge in [0.1, 0.15) is 5.02 Å². The molecule has 1 aromatic heterocycles. The first-order valence-electron chi connectivity index (χ1n) is 7.20. The number of aromatic nitrogens is 2. The van der Waals surface area contributed by atoms with Gasteiger partial charge in [-0.3, -0.25) is 4.79 Å². The molecule has 0 unspecified atom stereocenters. The van der Waals surface area contributed by atoms with Crippen LogP contribution in [0.3, 0.4) is 0 Å². The van der Waals surface area contributed by atoms with Crippen LogP contribution in [0.25, 0.3) is 0 Å². The van der Waals surface area contributed by atoms with Gasteiger partial charge in [0.2, 0.25) is 0 Å². The number of hydrogen-bond donors (Lipinski definition) is 1. The van der Waals surface area contributed by atoms with Crippen LogP contribution in [-0.4, -0.2) is 16.3 Å². The van der Waals surface area contributed by atoms with Crippen LogP contribution in [-0.2, 0) is 6.54 Å². The lowest BCUT2D eigenvalue weighted by molar-refractivity contribution is 0.543. The van der Waals surface area contributed by atoms with E-state index in [4.69, 9.17) is 11.6 Å². The maximum absolute atomic E-state index is 12.0. The molecule has 5 heteroatoms. The molecule has 0 aromatic carbocycles. The molecule has 0 radical (unpaired) electrons. The summed E-state index contributed by atoms with van der Waals surface area (Å²) in [5.41, 5.74) is 0.449. The predicted molar refractivity (Wildman–Crippen MR) is 81.0 cm³/mol. The summed E-state index contributed by atoms with van der Waals surface area (Å²) in [5, 5.41) is 7.59. The number of unbranched alkanes of at least 4 members (excludes halogenated alkanes) is 4. The SMILES string of the molecule is CCCCCCNc1cnn(CCCC)c(=O)c1Cl. The lowest BCUT2D eigenvalue weighted by atomic mass is 10.2. The molecule has 0 spiro atoms. The monoisotopic (exact) mass is 285 g/mol. The van der Waals surface area contributed by atoms with Crippen molar-refractivity contribution in [1.82, 2.24) is 9.78 Å². The average Bonchev–Trinajstić information content (AvgIpc) is 2.42. The smallest absolute Gasteiger partial charge is 0.287 e. The third-order valence-electron chi connectivity index (χ3n) is 3.05. The second kappa shape index (κ2) is 8.97. The van der Waals surface area contributed by atoms with Crippen molar-refractivity contribution in [3.05, 3.63) is 21.6 Å². The second-order valence-corrected chi connectivity index (χ2v) is 5.12. The van der Waals surface area contributed by atoms with Crippen LogP contribution in [0.1, 0.15) is 52.4 Å². The summed E-state index contributed by atoms with van der Waals surface area (Å²) in [4.78, 5) is 12.0. The first-order chi connectivity index (χ1) is 9.20. The van der Waals surface area contributed by atoms with Gasteiger partial charge in [0.15, 0.2) is 0 Å². The standard InChI is InChI=1S/C14H24ClN3O/c1-3-5-7-8-9-16-12-11-17-18(10-6-4-2)14(19)13(12)15/h11,16H,3-10H2,1-2H3. The van der Waals surface area contributed by atoms with Crippen molar-refractivity contribution in [1.29, 1.82) is 0 Å². The molecule has 0 aliphatic carbocycles. The van der Waals surface area contributed by atoms with Gasteiger partial charge in [-0.25, -0.2) is 4.68 Å². The van der Waals surface area contributed by atoms with Gasteiger partial charge in [-0.1, -0.05) is 51.1 Å². The van der Waals surface area contributed by atoms with E-state index in [1.165, 1.54) is 23.9 Å². The molecular formula is C14H24ClN3O. The molecule has 0 saturated heterocycles. The van der Waals surface area contributed by atoms with E-state index < -0.39 is 0 Å². The van der Waals surface area contributed by atoms with Crippen LogP contribution in [0.2, 0.25) is 5.02 Å². The number of rotatable bonds is 9. The first-order valence-corrected chi connectivity index (χ1v) is 7.58. The lowest BCUT2D eigenvalue weighted by Crippen LogP contribution is -2.24. The van der Waals surface area contributed by atoms with E-state index in [-0.39, 0.29) is 10.6 Å². The highest BCUT2D eigenvalue weighted by molar-refractivity contribution is 6.32. The van der Waals surface area contributed by atoms with E-state index in [2.05, 4.69) is 24.3 Å². The zero-order valence-corrected chi connectivity index (χ0v) is 12.7. The minimum atomic E-state index is -0.200. The molecule has 1 N–H and O–H groups in total. The van der Waals surface area contributed by atoms with Gasteiger partial charge >= 0.3 is 0 Å². The maximum Gasteiger partial charge on any atom is 0.287 e. The molecular weight excluding hydrogens is 262 g/mol. The minimum Gasteiger partial charge on any atom is -0.382 e. The number of nitrogens with one attached hydrogen (secondary N) is 1. The van der Waals surface area contributed by atoms with E-state index >= 15 is 0 Å². The molecule has 0 aliphatic rings. The predicted octanol–water partition coefficient (Wildman–Crippen LogP) is 3.69. The van der Waals surface area contributed by atoms with E-state index in [0.29, 0.717) is 12.2 Å². The molecule has 19 heavy (non-hydrogen) atoms. The Balaban J connectivity index is 2.56. The Morgan fingerprint density at radius 3 is 2.63 bits per heavy atom. The molecule has 1 aromatic rings. The normalized spacial score (nSPS) is 10.7. The Bertz CT molecular complexity index is 431. The Morgan fingerprint density at radius 1 is 1.21 bits per heavy atom. The maximum atomic E-state index is 12.0. The van der Waals surface area contributed by atoms with E-state index in [9.17, 15) is 4.79 Å². The Kier molecular flexibility index (Phi) is 7.56. The summed E-state index contributed by atoms with van der Waals surface area (Å²) in [6.45, 7) is 5.73. The van der Waals surface area contributed by atoms with E-state index in [1.807, 2.05) is 0 Å². The molecule has 0 bridgehead atoms. The molecule has 0 aliphatic heterocycles. The molecule has 108 valence electrons. The number of hydrogen-bond acceptors (Lipinski definition) is 3. The van der Waals surface area contributed by atoms with Crippen LogP contribution >= 0.6 is 11.6 Å². The van der Waals surface area contributed by atoms with Crippen molar-refractivity contribution in [3.8, 4) is 0 Å². The number of halogens is 1. The number of anilines is 1. The Labute approximate surface area is 120 Å². The molecule has 0 saturated carbocycles. The molecule has 0 atom stereocenters. The zero-order valence-electron chi connectivity index (χ0n) is 11.9. The fourth-order valence-corrected chi connectivity index (χ4v) is 2.04. The van der Waals surface area contributed by atoms with Crippen LogP contribution in [0, 0.1) is 0 Å². The quantitative estimate of drug-likeness (QED) is 0.704. The van der Waals surface area contributed by atoms with Crippen molar-refractivity contribution in [3.63, 3.8) is 0 Å². The van der Waals surface area contributed by atoms with Crippen molar-refractivity contribution in [2.45, 2.75) is 58.9 Å². The van der Waals surface area contributed by atoms with Gasteiger partial charge in [0.25, 0.3) is 5.56 Å². The van der Waals surface area contributed by atoms with Gasteiger partial charge in [-0.15, -0.1) is 0 Å². The van der Waals surface area contributed by atoms with E-state index in [0.717, 1.165) is 25.8 Å². The van der Waals surface area contributed by atoms with Crippen molar-refractivity contribution < 1.29 is 0 Å². The van der Waals surface area contributed by atoms with Gasteiger partial charge in [0.05, 0.1) is 11.9 Å². The van der Waals surface area contributed by atoms with E-state index in [1.54, 1.807) is 6.20 Å². The average molecular weight is 286 g/mol. The van der Waals surface area contributed by atoms with Crippen LogP contribution in [0.15, 0.2) is 11.0 Å². The highest BCUT2D eigenvalue weighted by Crippen LogP contribution is 2.15. The third kappa shape index (κ3) is 5.23. The van der Waals surface area contributed by atoms with Gasteiger partial charge < -0.3 is 5.32 Å². The summed E-state index contributed by atoms with van der Waals surface area (Å²) >= 11 is 6.08. The zero-order chi connectivity index (χ0) is 14.1. The van der Waals surface area contributed by atoms with Crippen molar-refractivity contribution in [2.24, 2.45) is 0 Å². The van der Waals surface area contributed by atoms with Gasteiger partial charge in [-0.2, -0.15) is 5.10 Å².